The summed E-state index contributed by atoms with van der Waals surface area (Å²) in [5.41, 5.74) is 8.83. The Morgan fingerprint density at radius 1 is 1.17 bits per heavy atom. The summed E-state index contributed by atoms with van der Waals surface area (Å²) in [5.74, 6) is 0.217. The molecule has 2 rings (SSSR count). The van der Waals surface area contributed by atoms with Crippen LogP contribution in [-0.2, 0) is 6.61 Å². The van der Waals surface area contributed by atoms with E-state index in [4.69, 9.17) is 50.7 Å². The van der Waals surface area contributed by atoms with Crippen molar-refractivity contribution in [3.8, 4) is 5.75 Å². The lowest BCUT2D eigenvalue weighted by molar-refractivity contribution is 0.306. The van der Waals surface area contributed by atoms with Crippen LogP contribution < -0.4 is 15.9 Å². The van der Waals surface area contributed by atoms with Crippen LogP contribution in [0.25, 0.3) is 0 Å². The highest BCUT2D eigenvalue weighted by atomic mass is 35.5. The molecule has 0 amide bonds. The minimum atomic E-state index is -0.264. The number of hydrogen-bond acceptors (Lipinski definition) is 3. The van der Waals surface area contributed by atoms with Gasteiger partial charge in [0.2, 0.25) is 5.96 Å². The summed E-state index contributed by atoms with van der Waals surface area (Å²) in [6, 6.07) is 10.6. The van der Waals surface area contributed by atoms with Gasteiger partial charge in [-0.1, -0.05) is 59.1 Å². The van der Waals surface area contributed by atoms with Gasteiger partial charge in [0.15, 0.2) is 0 Å². The number of ether oxygens (including phenoxy) is 1. The number of rotatable bonds is 5. The fraction of sp³-hybridized carbons (Fsp3) is 0.0667. The highest BCUT2D eigenvalue weighted by Crippen LogP contribution is 2.30. The van der Waals surface area contributed by atoms with Crippen LogP contribution in [-0.4, -0.2) is 12.2 Å². The lowest BCUT2D eigenvalue weighted by Crippen LogP contribution is -2.25. The number of guanidine groups is 1. The van der Waals surface area contributed by atoms with Crippen LogP contribution in [0.1, 0.15) is 11.1 Å². The zero-order valence-electron chi connectivity index (χ0n) is 12.2. The maximum Gasteiger partial charge on any atom is 0.206 e. The standard InChI is InChI=1S/C15H13Cl3N4O.ClH/c16-11-5-1-4-10(13(11)17)8-23-12-6-2-3-9(14(12)18)7-21-22-15(19)20;/h1-7H,8H2,(H4,19,20,22);1H/b21-7+;. The molecule has 9 heteroatoms. The van der Waals surface area contributed by atoms with Crippen molar-refractivity contribution >= 4 is 59.4 Å². The van der Waals surface area contributed by atoms with Crippen molar-refractivity contribution in [2.75, 3.05) is 0 Å². The molecular formula is C15H14Cl4N4O. The summed E-state index contributed by atoms with van der Waals surface area (Å²) >= 11 is 18.4. The summed E-state index contributed by atoms with van der Waals surface area (Å²) in [6.45, 7) is 0.228. The van der Waals surface area contributed by atoms with Crippen LogP contribution in [0.15, 0.2) is 41.5 Å². The SMILES string of the molecule is Cl.N=C(N)N/N=C/c1cccc(OCc2cccc(Cl)c2Cl)c1Cl. The maximum atomic E-state index is 7.03. The third-order valence-electron chi connectivity index (χ3n) is 2.80. The fourth-order valence-electron chi connectivity index (χ4n) is 1.73. The van der Waals surface area contributed by atoms with Gasteiger partial charge in [0.25, 0.3) is 0 Å². The molecule has 0 aliphatic rings. The Hall–Kier alpha value is -1.66. The van der Waals surface area contributed by atoms with Gasteiger partial charge >= 0.3 is 0 Å². The van der Waals surface area contributed by atoms with Crippen LogP contribution in [0.5, 0.6) is 5.75 Å². The Kier molecular flexibility index (Phi) is 8.15. The summed E-state index contributed by atoms with van der Waals surface area (Å²) in [6.07, 6.45) is 1.45. The van der Waals surface area contributed by atoms with E-state index < -0.39 is 0 Å². The second-order valence-electron chi connectivity index (χ2n) is 4.44. The minimum absolute atomic E-state index is 0. The maximum absolute atomic E-state index is 7.03. The predicted octanol–water partition coefficient (Wildman–Crippen LogP) is 4.46. The number of hydrazone groups is 1. The van der Waals surface area contributed by atoms with Gasteiger partial charge in [-0.2, -0.15) is 5.10 Å². The van der Waals surface area contributed by atoms with Crippen molar-refractivity contribution in [2.24, 2.45) is 10.8 Å². The molecule has 128 valence electrons. The topological polar surface area (TPSA) is 83.5 Å². The van der Waals surface area contributed by atoms with E-state index in [1.165, 1.54) is 6.21 Å². The Morgan fingerprint density at radius 2 is 1.88 bits per heavy atom. The van der Waals surface area contributed by atoms with Gasteiger partial charge in [-0.05, 0) is 12.1 Å². The van der Waals surface area contributed by atoms with Gasteiger partial charge in [0.1, 0.15) is 12.4 Å². The summed E-state index contributed by atoms with van der Waals surface area (Å²) in [5, 5.41) is 12.1. The number of hydrogen-bond donors (Lipinski definition) is 3. The highest BCUT2D eigenvalue weighted by molar-refractivity contribution is 6.42. The summed E-state index contributed by atoms with van der Waals surface area (Å²) in [4.78, 5) is 0. The fourth-order valence-corrected chi connectivity index (χ4v) is 2.33. The quantitative estimate of drug-likeness (QED) is 0.388. The third-order valence-corrected chi connectivity index (χ3v) is 4.06. The molecule has 0 aliphatic heterocycles. The van der Waals surface area contributed by atoms with Crippen LogP contribution in [0.2, 0.25) is 15.1 Å². The first kappa shape index (κ1) is 20.4. The molecule has 0 aromatic heterocycles. The Balaban J connectivity index is 0.00000288. The highest BCUT2D eigenvalue weighted by Gasteiger charge is 2.09. The first-order chi connectivity index (χ1) is 11.0. The Bertz CT molecular complexity index is 752. The molecule has 4 N–H and O–H groups in total. The number of halogens is 4. The lowest BCUT2D eigenvalue weighted by atomic mass is 10.2. The van der Waals surface area contributed by atoms with E-state index in [1.54, 1.807) is 30.3 Å². The first-order valence-electron chi connectivity index (χ1n) is 6.46. The monoisotopic (exact) mass is 406 g/mol. The summed E-state index contributed by atoms with van der Waals surface area (Å²) in [7, 11) is 0. The normalized spacial score (nSPS) is 10.3. The van der Waals surface area contributed by atoms with Crippen molar-refractivity contribution < 1.29 is 4.74 Å². The third kappa shape index (κ3) is 5.46. The van der Waals surface area contributed by atoms with E-state index >= 15 is 0 Å². The molecule has 0 fully saturated rings. The minimum Gasteiger partial charge on any atom is -0.487 e. The average molecular weight is 408 g/mol. The van der Waals surface area contributed by atoms with Crippen molar-refractivity contribution in [1.82, 2.24) is 5.43 Å². The second-order valence-corrected chi connectivity index (χ2v) is 5.61. The van der Waals surface area contributed by atoms with E-state index in [0.717, 1.165) is 5.56 Å². The molecule has 0 aliphatic carbocycles. The van der Waals surface area contributed by atoms with Crippen molar-refractivity contribution in [1.29, 1.82) is 5.41 Å². The van der Waals surface area contributed by atoms with Gasteiger partial charge in [-0.3, -0.25) is 5.41 Å². The average Bonchev–Trinajstić information content (AvgIpc) is 2.51. The van der Waals surface area contributed by atoms with Crippen LogP contribution in [0.3, 0.4) is 0 Å². The molecule has 0 atom stereocenters. The number of nitrogens with zero attached hydrogens (tertiary/aromatic N) is 1. The molecule has 0 bridgehead atoms. The van der Waals surface area contributed by atoms with Gasteiger partial charge in [-0.15, -0.1) is 12.4 Å². The molecule has 0 spiro atoms. The van der Waals surface area contributed by atoms with Gasteiger partial charge in [-0.25, -0.2) is 5.43 Å². The van der Waals surface area contributed by atoms with E-state index in [1.807, 2.05) is 6.07 Å². The van der Waals surface area contributed by atoms with Gasteiger partial charge in [0, 0.05) is 11.1 Å². The number of nitrogens with one attached hydrogen (secondary N) is 2. The molecule has 24 heavy (non-hydrogen) atoms. The molecule has 5 nitrogen and oxygen atoms in total. The Labute approximate surface area is 160 Å². The number of nitrogens with two attached hydrogens (primary N) is 1. The molecular weight excluding hydrogens is 394 g/mol. The van der Waals surface area contributed by atoms with Crippen LogP contribution in [0, 0.1) is 5.41 Å². The molecule has 0 heterocycles. The van der Waals surface area contributed by atoms with Gasteiger partial charge < -0.3 is 10.5 Å². The lowest BCUT2D eigenvalue weighted by Gasteiger charge is -2.11. The number of benzene rings is 2. The molecule has 0 saturated heterocycles. The van der Waals surface area contributed by atoms with E-state index in [9.17, 15) is 0 Å². The molecule has 0 unspecified atom stereocenters. The molecule has 0 saturated carbocycles. The van der Waals surface area contributed by atoms with E-state index in [0.29, 0.717) is 26.4 Å². The zero-order chi connectivity index (χ0) is 16.8. The zero-order valence-corrected chi connectivity index (χ0v) is 15.3. The predicted molar refractivity (Wildman–Crippen MR) is 102 cm³/mol. The van der Waals surface area contributed by atoms with E-state index in [2.05, 4.69) is 10.5 Å². The molecule has 2 aromatic rings. The molecule has 2 aromatic carbocycles. The largest absolute Gasteiger partial charge is 0.487 e. The van der Waals surface area contributed by atoms with Crippen LogP contribution >= 0.6 is 47.2 Å². The van der Waals surface area contributed by atoms with E-state index in [-0.39, 0.29) is 25.0 Å². The smallest absolute Gasteiger partial charge is 0.206 e. The first-order valence-corrected chi connectivity index (χ1v) is 7.59. The van der Waals surface area contributed by atoms with Crippen molar-refractivity contribution in [2.45, 2.75) is 6.61 Å². The van der Waals surface area contributed by atoms with Gasteiger partial charge in [0.05, 0.1) is 21.3 Å². The van der Waals surface area contributed by atoms with Crippen LogP contribution in [0.4, 0.5) is 0 Å². The Morgan fingerprint density at radius 3 is 2.58 bits per heavy atom. The molecule has 0 radical (unpaired) electrons. The van der Waals surface area contributed by atoms with Crippen molar-refractivity contribution in [3.05, 3.63) is 62.6 Å². The van der Waals surface area contributed by atoms with Crippen molar-refractivity contribution in [3.63, 3.8) is 0 Å². The summed E-state index contributed by atoms with van der Waals surface area (Å²) < 4.78 is 5.70. The second kappa shape index (κ2) is 9.59.